The van der Waals surface area contributed by atoms with Crippen LogP contribution in [-0.4, -0.2) is 16.0 Å². The maximum absolute atomic E-state index is 12.5. The minimum Gasteiger partial charge on any atom is -1.00 e. The van der Waals surface area contributed by atoms with Crippen LogP contribution in [0.2, 0.25) is 30.1 Å². The molecule has 1 unspecified atom stereocenters. The highest BCUT2D eigenvalue weighted by atomic mass is 35.5. The molecule has 6 nitrogen and oxygen atoms in total. The summed E-state index contributed by atoms with van der Waals surface area (Å²) in [6.45, 7) is 0.766. The maximum atomic E-state index is 12.5. The number of aromatic nitrogens is 2. The van der Waals surface area contributed by atoms with E-state index in [0.717, 1.165) is 11.1 Å². The summed E-state index contributed by atoms with van der Waals surface area (Å²) in [5.41, 5.74) is 2.13. The van der Waals surface area contributed by atoms with Crippen LogP contribution >= 0.6 is 69.6 Å². The van der Waals surface area contributed by atoms with Crippen LogP contribution in [0.3, 0.4) is 0 Å². The SMILES string of the molecule is O.O=C(Cn1cc[n+](CC(OCc2ccc(Cl)cc2Cl)c2ccc(Cl)cc2Cl)c1)Nc1ccc(Cl)c(Cl)c1.[Cl-]. The van der Waals surface area contributed by atoms with Crippen molar-refractivity contribution in [2.75, 3.05) is 5.32 Å². The van der Waals surface area contributed by atoms with Gasteiger partial charge < -0.3 is 27.9 Å². The van der Waals surface area contributed by atoms with Gasteiger partial charge >= 0.3 is 0 Å². The number of hydrogen-bond acceptors (Lipinski definition) is 2. The third-order valence-electron chi connectivity index (χ3n) is 5.42. The monoisotopic (exact) mass is 669 g/mol. The van der Waals surface area contributed by atoms with E-state index in [4.69, 9.17) is 74.3 Å². The first kappa shape index (κ1) is 33.5. The number of amides is 1. The summed E-state index contributed by atoms with van der Waals surface area (Å²) < 4.78 is 9.92. The third kappa shape index (κ3) is 9.42. The molecule has 1 atom stereocenters. The number of hydrogen-bond donors (Lipinski definition) is 1. The molecule has 1 amide bonds. The zero-order valence-corrected chi connectivity index (χ0v) is 25.3. The standard InChI is InChI=1S/C26H19Cl6N3O2.ClH.H2O/c27-17-2-1-16(22(30)9-17)14-37-25(20-5-3-18(28)10-23(20)31)12-34-7-8-35(15-34)13-26(36)33-19-4-6-21(29)24(32)11-19;;/h1-11,15,25H,12-14H2;1H;1H2. The van der Waals surface area contributed by atoms with E-state index >= 15 is 0 Å². The number of anilines is 1. The Morgan fingerprint density at radius 2 is 1.56 bits per heavy atom. The average molecular weight is 673 g/mol. The zero-order chi connectivity index (χ0) is 26.5. The lowest BCUT2D eigenvalue weighted by atomic mass is 10.1. The average Bonchev–Trinajstić information content (AvgIpc) is 3.26. The lowest BCUT2D eigenvalue weighted by molar-refractivity contribution is -0.704. The molecule has 0 aliphatic heterocycles. The molecule has 0 saturated carbocycles. The van der Waals surface area contributed by atoms with Gasteiger partial charge in [0, 0.05) is 31.3 Å². The molecular weight excluding hydrogens is 650 g/mol. The second-order valence-corrected chi connectivity index (χ2v) is 10.7. The van der Waals surface area contributed by atoms with E-state index in [1.165, 1.54) is 0 Å². The van der Waals surface area contributed by atoms with Crippen LogP contribution in [0.5, 0.6) is 0 Å². The first-order chi connectivity index (χ1) is 17.7. The number of benzene rings is 3. The van der Waals surface area contributed by atoms with E-state index in [9.17, 15) is 4.79 Å². The summed E-state index contributed by atoms with van der Waals surface area (Å²) in [4.78, 5) is 12.5. The number of ether oxygens (including phenoxy) is 1. The van der Waals surface area contributed by atoms with Gasteiger partial charge in [-0.25, -0.2) is 9.13 Å². The molecule has 1 aromatic heterocycles. The topological polar surface area (TPSA) is 78.6 Å². The van der Waals surface area contributed by atoms with Gasteiger partial charge in [0.05, 0.1) is 16.7 Å². The van der Waals surface area contributed by atoms with Crippen LogP contribution in [0.4, 0.5) is 5.69 Å². The van der Waals surface area contributed by atoms with Crippen LogP contribution in [0.15, 0.2) is 73.3 Å². The molecular formula is C26H22Cl7N3O3. The summed E-state index contributed by atoms with van der Waals surface area (Å²) in [6.07, 6.45) is 5.03. The minimum atomic E-state index is -0.428. The normalized spacial score (nSPS) is 11.3. The van der Waals surface area contributed by atoms with Gasteiger partial charge in [-0.05, 0) is 48.0 Å². The second-order valence-electron chi connectivity index (χ2n) is 8.16. The van der Waals surface area contributed by atoms with Crippen molar-refractivity contribution in [3.8, 4) is 0 Å². The van der Waals surface area contributed by atoms with E-state index in [1.807, 2.05) is 29.2 Å². The maximum Gasteiger partial charge on any atom is 0.266 e. The summed E-state index contributed by atoms with van der Waals surface area (Å²) in [5, 5.41) is 5.67. The summed E-state index contributed by atoms with van der Waals surface area (Å²) in [5.74, 6) is -0.216. The molecule has 1 heterocycles. The first-order valence-corrected chi connectivity index (χ1v) is 13.2. The molecule has 0 spiro atoms. The Morgan fingerprint density at radius 3 is 2.23 bits per heavy atom. The highest BCUT2D eigenvalue weighted by Gasteiger charge is 2.21. The number of rotatable bonds is 9. The van der Waals surface area contributed by atoms with Crippen molar-refractivity contribution in [2.24, 2.45) is 0 Å². The second kappa shape index (κ2) is 15.3. The van der Waals surface area contributed by atoms with Gasteiger partial charge in [-0.2, -0.15) is 0 Å². The molecule has 0 bridgehead atoms. The Labute approximate surface area is 262 Å². The molecule has 4 aromatic rings. The van der Waals surface area contributed by atoms with Crippen LogP contribution < -0.4 is 22.3 Å². The predicted molar refractivity (Wildman–Crippen MR) is 154 cm³/mol. The summed E-state index contributed by atoms with van der Waals surface area (Å²) in [6, 6.07) is 15.4. The Balaban J connectivity index is 0.00000267. The molecule has 0 aliphatic carbocycles. The van der Waals surface area contributed by atoms with E-state index in [0.29, 0.717) is 42.4 Å². The van der Waals surface area contributed by atoms with Crippen LogP contribution in [0, 0.1) is 0 Å². The van der Waals surface area contributed by atoms with Gasteiger partial charge in [0.1, 0.15) is 25.0 Å². The van der Waals surface area contributed by atoms with Gasteiger partial charge in [-0.1, -0.05) is 81.7 Å². The highest BCUT2D eigenvalue weighted by molar-refractivity contribution is 6.42. The molecule has 0 aliphatic rings. The number of nitrogens with one attached hydrogen (secondary N) is 1. The number of imidazole rings is 1. The van der Waals surface area contributed by atoms with Crippen LogP contribution in [0.25, 0.3) is 0 Å². The molecule has 0 fully saturated rings. The quantitative estimate of drug-likeness (QED) is 0.267. The van der Waals surface area contributed by atoms with Gasteiger partial charge in [0.2, 0.25) is 6.33 Å². The molecule has 0 radical (unpaired) electrons. The lowest BCUT2D eigenvalue weighted by Crippen LogP contribution is -3.00. The fourth-order valence-corrected chi connectivity index (χ4v) is 4.90. The highest BCUT2D eigenvalue weighted by Crippen LogP contribution is 2.31. The zero-order valence-electron chi connectivity index (χ0n) is 20.0. The van der Waals surface area contributed by atoms with E-state index in [2.05, 4.69) is 5.32 Å². The first-order valence-electron chi connectivity index (χ1n) is 11.0. The van der Waals surface area contributed by atoms with Crippen molar-refractivity contribution in [3.05, 3.63) is 115 Å². The third-order valence-corrected chi connectivity index (χ3v) is 7.31. The molecule has 3 aromatic carbocycles. The number of nitrogens with zero attached hydrogens (tertiary/aromatic N) is 2. The van der Waals surface area contributed by atoms with Crippen molar-refractivity contribution in [1.82, 2.24) is 4.57 Å². The molecule has 0 saturated heterocycles. The largest absolute Gasteiger partial charge is 1.00 e. The minimum absolute atomic E-state index is 0. The van der Waals surface area contributed by atoms with Crippen molar-refractivity contribution >= 4 is 81.2 Å². The number of carbonyl (C=O) groups excluding carboxylic acids is 1. The summed E-state index contributed by atoms with van der Waals surface area (Å²) in [7, 11) is 0. The fraction of sp³-hybridized carbons (Fsp3) is 0.154. The molecule has 3 N–H and O–H groups in total. The van der Waals surface area contributed by atoms with Crippen molar-refractivity contribution in [3.63, 3.8) is 0 Å². The Bertz CT molecular complexity index is 1430. The Hall–Kier alpha value is -1.71. The van der Waals surface area contributed by atoms with Crippen LogP contribution in [-0.2, 0) is 29.2 Å². The van der Waals surface area contributed by atoms with E-state index in [1.54, 1.807) is 53.2 Å². The molecule has 13 heteroatoms. The summed E-state index contributed by atoms with van der Waals surface area (Å²) >= 11 is 36.9. The molecule has 4 rings (SSSR count). The lowest BCUT2D eigenvalue weighted by Gasteiger charge is -2.19. The Kier molecular flexibility index (Phi) is 13.2. The Morgan fingerprint density at radius 1 is 0.872 bits per heavy atom. The number of carbonyl (C=O) groups is 1. The van der Waals surface area contributed by atoms with Crippen LogP contribution in [0.1, 0.15) is 17.2 Å². The fourth-order valence-electron chi connectivity index (χ4n) is 3.60. The van der Waals surface area contributed by atoms with Crippen molar-refractivity contribution in [1.29, 1.82) is 0 Å². The van der Waals surface area contributed by atoms with E-state index < -0.39 is 6.10 Å². The van der Waals surface area contributed by atoms with Gasteiger partial charge in [0.15, 0.2) is 6.54 Å². The van der Waals surface area contributed by atoms with Crippen molar-refractivity contribution in [2.45, 2.75) is 25.8 Å². The smallest absolute Gasteiger partial charge is 0.266 e. The molecule has 39 heavy (non-hydrogen) atoms. The van der Waals surface area contributed by atoms with Gasteiger partial charge in [-0.15, -0.1) is 0 Å². The van der Waals surface area contributed by atoms with Gasteiger partial charge in [-0.3, -0.25) is 4.79 Å². The number of halogens is 7. The van der Waals surface area contributed by atoms with Crippen molar-refractivity contribution < 1.29 is 32.0 Å². The van der Waals surface area contributed by atoms with Gasteiger partial charge in [0.25, 0.3) is 5.91 Å². The predicted octanol–water partition coefficient (Wildman–Crippen LogP) is 4.47. The van der Waals surface area contributed by atoms with E-state index in [-0.39, 0.29) is 36.9 Å². The molecule has 208 valence electrons.